The number of esters is 1. The van der Waals surface area contributed by atoms with Gasteiger partial charge in [0.25, 0.3) is 0 Å². The van der Waals surface area contributed by atoms with Crippen LogP contribution in [-0.2, 0) is 23.9 Å². The van der Waals surface area contributed by atoms with Gasteiger partial charge in [0.2, 0.25) is 11.8 Å². The largest absolute Gasteiger partial charge is 0.460 e. The number of carbonyl (C=O) groups excluding carboxylic acids is 4. The Morgan fingerprint density at radius 2 is 1.76 bits per heavy atom. The summed E-state index contributed by atoms with van der Waals surface area (Å²) in [5.74, 6) is -2.51. The number of hydrogen-bond donors (Lipinski definition) is 2. The molecule has 0 aliphatic rings. The topological polar surface area (TPSA) is 105 Å². The van der Waals surface area contributed by atoms with Gasteiger partial charge in [-0.25, -0.2) is 0 Å². The number of rotatable bonds is 15. The lowest BCUT2D eigenvalue weighted by Gasteiger charge is -2.38. The highest BCUT2D eigenvalue weighted by atomic mass is 16.5. The zero-order chi connectivity index (χ0) is 30.0. The maximum Gasteiger partial charge on any atom is 0.303 e. The van der Waals surface area contributed by atoms with Gasteiger partial charge in [0.15, 0.2) is 5.78 Å². The van der Waals surface area contributed by atoms with Crippen molar-refractivity contribution in [3.8, 4) is 0 Å². The maximum atomic E-state index is 13.7. The molecule has 0 aliphatic heterocycles. The first-order valence-electron chi connectivity index (χ1n) is 14.0. The number of Topliss-reactive ketones (excluding diaryl/α,β-unsaturated/α-hetero) is 1. The summed E-state index contributed by atoms with van der Waals surface area (Å²) in [7, 11) is 3.11. The van der Waals surface area contributed by atoms with Gasteiger partial charge in [-0.3, -0.25) is 19.2 Å². The summed E-state index contributed by atoms with van der Waals surface area (Å²) >= 11 is 0. The van der Waals surface area contributed by atoms with Crippen LogP contribution < -0.4 is 10.6 Å². The molecule has 0 rings (SSSR count). The van der Waals surface area contributed by atoms with Gasteiger partial charge in [-0.1, -0.05) is 53.7 Å². The first-order chi connectivity index (χ1) is 17.4. The zero-order valence-corrected chi connectivity index (χ0v) is 22.2. The molecule has 0 bridgehead atoms. The molecular weight excluding hydrogens is 436 g/mol. The fourth-order valence-corrected chi connectivity index (χ4v) is 3.84. The van der Waals surface area contributed by atoms with Crippen molar-refractivity contribution in [3.05, 3.63) is 12.1 Å². The lowest BCUT2D eigenvalue weighted by Crippen LogP contribution is -2.60. The third kappa shape index (κ3) is 9.95. The molecule has 2 N–H and O–H groups in total. The summed E-state index contributed by atoms with van der Waals surface area (Å²) in [6.45, 7) is 9.44. The second kappa shape index (κ2) is 15.6. The third-order valence-corrected chi connectivity index (χ3v) is 5.81. The molecule has 0 saturated heterocycles. The van der Waals surface area contributed by atoms with E-state index in [0.717, 1.165) is 0 Å². The minimum atomic E-state index is -2.59. The standard InChI is InChI=1S/C26H47N3O5/c1-11-13-14-18(7)24(34-19(8)30)23(21(31)12-2)29(10)26(33)22(17(5)6)28-25(32)20(27-9)15-16(3)4/h11,13,16-18,20,22-24,27H,12,14-15H2,1-10H3,(H,28,32)/b13-11+/t18-,20+,22+,23?,24?/m1/s1/i1+1D3,11+1D. The van der Waals surface area contributed by atoms with Gasteiger partial charge in [0.05, 0.1) is 7.41 Å². The Labute approximate surface area is 211 Å². The van der Waals surface area contributed by atoms with Crippen LogP contribution in [0.15, 0.2) is 12.1 Å². The van der Waals surface area contributed by atoms with E-state index >= 15 is 0 Å². The summed E-state index contributed by atoms with van der Waals surface area (Å²) < 4.78 is 35.4. The molecule has 0 spiro atoms. The number of ketones is 1. The lowest BCUT2D eigenvalue weighted by molar-refractivity contribution is -0.160. The molecule has 0 aromatic heterocycles. The van der Waals surface area contributed by atoms with E-state index in [2.05, 4.69) is 10.6 Å². The predicted octanol–water partition coefficient (Wildman–Crippen LogP) is 3.10. The molecule has 0 radical (unpaired) electrons. The summed E-state index contributed by atoms with van der Waals surface area (Å²) in [6.07, 6.45) is 0.781. The van der Waals surface area contributed by atoms with Crippen LogP contribution in [0, 0.1) is 17.8 Å². The van der Waals surface area contributed by atoms with Crippen molar-refractivity contribution in [1.29, 1.82) is 0 Å². The molecule has 34 heavy (non-hydrogen) atoms. The normalized spacial score (nSPS) is 18.5. The lowest BCUT2D eigenvalue weighted by atomic mass is 9.89. The van der Waals surface area contributed by atoms with Crippen LogP contribution in [0.3, 0.4) is 0 Å². The van der Waals surface area contributed by atoms with E-state index in [1.807, 2.05) is 13.8 Å². The van der Waals surface area contributed by atoms with Crippen molar-refractivity contribution in [2.45, 2.75) is 98.8 Å². The number of likely N-dealkylation sites (N-methyl/N-ethyl adjacent to an activating group) is 2. The number of ether oxygens (including phenoxy) is 1. The van der Waals surface area contributed by atoms with Crippen molar-refractivity contribution < 1.29 is 29.4 Å². The van der Waals surface area contributed by atoms with E-state index in [1.54, 1.807) is 34.7 Å². The van der Waals surface area contributed by atoms with Gasteiger partial charge < -0.3 is 20.3 Å². The number of nitrogens with zero attached hydrogens (tertiary/aromatic N) is 1. The van der Waals surface area contributed by atoms with Crippen LogP contribution in [0.2, 0.25) is 0 Å². The average molecular weight is 488 g/mol. The predicted molar refractivity (Wildman–Crippen MR) is 135 cm³/mol. The Hall–Kier alpha value is -2.22. The number of allylic oxidation sites excluding steroid dienone is 2. The number of amides is 2. The zero-order valence-electron chi connectivity index (χ0n) is 26.2. The van der Waals surface area contributed by atoms with Crippen LogP contribution in [0.1, 0.15) is 80.1 Å². The fraction of sp³-hybridized carbons (Fsp3) is 0.769. The molecule has 0 aromatic carbocycles. The molecular formula is C26H47N3O5. The van der Waals surface area contributed by atoms with E-state index in [9.17, 15) is 19.2 Å². The Morgan fingerprint density at radius 3 is 2.21 bits per heavy atom. The number of carbonyl (C=O) groups is 4. The second-order valence-corrected chi connectivity index (χ2v) is 9.55. The van der Waals surface area contributed by atoms with Crippen molar-refractivity contribution in [1.82, 2.24) is 15.5 Å². The quantitative estimate of drug-likeness (QED) is 0.209. The molecule has 2 amide bonds. The Balaban J connectivity index is 6.26. The second-order valence-electron chi connectivity index (χ2n) is 9.55. The molecule has 8 heteroatoms. The summed E-state index contributed by atoms with van der Waals surface area (Å²) in [5.41, 5.74) is 0. The van der Waals surface area contributed by atoms with Crippen molar-refractivity contribution >= 4 is 23.6 Å². The molecule has 0 heterocycles. The van der Waals surface area contributed by atoms with Crippen LogP contribution in [0.25, 0.3) is 0 Å². The number of nitrogens with one attached hydrogen (secondary N) is 2. The van der Waals surface area contributed by atoms with E-state index in [0.29, 0.717) is 6.42 Å². The molecule has 0 saturated carbocycles. The summed E-state index contributed by atoms with van der Waals surface area (Å²) in [6, 6.07) is -3.17. The van der Waals surface area contributed by atoms with E-state index < -0.39 is 54.9 Å². The Bertz CT molecular complexity index is 845. The molecule has 0 aliphatic carbocycles. The van der Waals surface area contributed by atoms with Crippen molar-refractivity contribution in [3.63, 3.8) is 0 Å². The average Bonchev–Trinajstić information content (AvgIpc) is 2.81. The van der Waals surface area contributed by atoms with Crippen molar-refractivity contribution in [2.75, 3.05) is 14.1 Å². The highest BCUT2D eigenvalue weighted by molar-refractivity contribution is 5.94. The van der Waals surface area contributed by atoms with Gasteiger partial charge in [-0.2, -0.15) is 0 Å². The highest BCUT2D eigenvalue weighted by Crippen LogP contribution is 2.23. The summed E-state index contributed by atoms with van der Waals surface area (Å²) in [5, 5.41) is 5.80. The minimum Gasteiger partial charge on any atom is -0.460 e. The first-order valence-corrected chi connectivity index (χ1v) is 12.0. The highest BCUT2D eigenvalue weighted by Gasteiger charge is 2.41. The van der Waals surface area contributed by atoms with E-state index in [1.165, 1.54) is 24.9 Å². The molecule has 0 fully saturated rings. The van der Waals surface area contributed by atoms with Gasteiger partial charge in [0, 0.05) is 24.5 Å². The third-order valence-electron chi connectivity index (χ3n) is 5.81. The van der Waals surface area contributed by atoms with E-state index in [4.69, 9.17) is 10.2 Å². The van der Waals surface area contributed by atoms with Crippen LogP contribution in [0.5, 0.6) is 0 Å². The summed E-state index contributed by atoms with van der Waals surface area (Å²) in [4.78, 5) is 53.1. The first kappa shape index (κ1) is 24.9. The van der Waals surface area contributed by atoms with Gasteiger partial charge >= 0.3 is 5.97 Å². The number of hydrogen-bond acceptors (Lipinski definition) is 6. The van der Waals surface area contributed by atoms with Crippen LogP contribution in [-0.4, -0.2) is 66.8 Å². The fourth-order valence-electron chi connectivity index (χ4n) is 3.84. The maximum absolute atomic E-state index is 13.7. The van der Waals surface area contributed by atoms with Gasteiger partial charge in [-0.05, 0) is 44.5 Å². The Kier molecular flexibility index (Phi) is 11.4. The molecule has 0 aromatic rings. The molecule has 8 nitrogen and oxygen atoms in total. The monoisotopic (exact) mass is 487 g/mol. The minimum absolute atomic E-state index is 0.0358. The van der Waals surface area contributed by atoms with E-state index in [-0.39, 0.29) is 36.4 Å². The van der Waals surface area contributed by atoms with Gasteiger partial charge in [0.1, 0.15) is 18.2 Å². The molecule has 2 unspecified atom stereocenters. The Morgan fingerprint density at radius 1 is 1.15 bits per heavy atom. The van der Waals surface area contributed by atoms with Crippen molar-refractivity contribution in [2.24, 2.45) is 17.8 Å². The van der Waals surface area contributed by atoms with Gasteiger partial charge in [-0.15, -0.1) is 0 Å². The van der Waals surface area contributed by atoms with Crippen LogP contribution in [0.4, 0.5) is 0 Å². The smallest absolute Gasteiger partial charge is 0.303 e. The van der Waals surface area contributed by atoms with Crippen LogP contribution >= 0.6 is 0 Å². The molecule has 196 valence electrons. The SMILES string of the molecule is [2H]/[13C](=C\C[C@@H](C)C(OC(C)=O)C(C(=O)CC)N(C)C(=O)[C@@H](NC(=O)[C@H](CC(C)C)NC)C(C)C)[13C]([2H])([2H])[2H]. The molecule has 5 atom stereocenters.